The lowest BCUT2D eigenvalue weighted by molar-refractivity contribution is -0.131. The Kier molecular flexibility index (Phi) is 5.87. The zero-order chi connectivity index (χ0) is 22.7. The minimum absolute atomic E-state index is 0.152. The van der Waals surface area contributed by atoms with E-state index in [4.69, 9.17) is 14.6 Å². The number of hydrogen-bond donors (Lipinski definition) is 2. The third-order valence-corrected chi connectivity index (χ3v) is 5.88. The van der Waals surface area contributed by atoms with Gasteiger partial charge in [0.1, 0.15) is 22.9 Å². The first kappa shape index (κ1) is 21.1. The van der Waals surface area contributed by atoms with Crippen molar-refractivity contribution in [3.63, 3.8) is 0 Å². The number of thiophene rings is 1. The number of fused-ring (bicyclic) bond motifs is 1. The van der Waals surface area contributed by atoms with Crippen molar-refractivity contribution in [2.75, 3.05) is 7.11 Å². The van der Waals surface area contributed by atoms with Crippen LogP contribution in [0.15, 0.2) is 71.9 Å². The zero-order valence-corrected chi connectivity index (χ0v) is 17.6. The van der Waals surface area contributed by atoms with Crippen LogP contribution in [0.2, 0.25) is 0 Å². The van der Waals surface area contributed by atoms with Gasteiger partial charge in [-0.2, -0.15) is 0 Å². The first-order valence-electron chi connectivity index (χ1n) is 9.44. The van der Waals surface area contributed by atoms with E-state index in [-0.39, 0.29) is 5.75 Å². The van der Waals surface area contributed by atoms with Crippen LogP contribution < -0.4 is 9.47 Å². The van der Waals surface area contributed by atoms with E-state index in [1.807, 2.05) is 0 Å². The van der Waals surface area contributed by atoms with Gasteiger partial charge in [-0.05, 0) is 71.4 Å². The number of carbonyl (C=O) groups is 1. The molecule has 4 rings (SSSR count). The number of carboxylic acid groups (broad SMARTS) is 1. The SMILES string of the molecule is COc1cc(Oc2c(-c3ccc(O)cc3)sc3cc(N=O)ccc23)ccc1/C=C/C(=O)O. The molecular weight excluding hydrogens is 430 g/mol. The van der Waals surface area contributed by atoms with Crippen LogP contribution in [0.3, 0.4) is 0 Å². The predicted octanol–water partition coefficient (Wildman–Crippen LogP) is 6.57. The average Bonchev–Trinajstić information content (AvgIpc) is 3.15. The molecule has 32 heavy (non-hydrogen) atoms. The van der Waals surface area contributed by atoms with Gasteiger partial charge >= 0.3 is 5.97 Å². The lowest BCUT2D eigenvalue weighted by Gasteiger charge is -2.11. The summed E-state index contributed by atoms with van der Waals surface area (Å²) in [6.45, 7) is 0. The first-order valence-corrected chi connectivity index (χ1v) is 10.3. The monoisotopic (exact) mass is 447 g/mol. The number of phenolic OH excluding ortho intramolecular Hbond substituents is 1. The number of carboxylic acids is 1. The lowest BCUT2D eigenvalue weighted by atomic mass is 10.1. The average molecular weight is 447 g/mol. The van der Waals surface area contributed by atoms with Crippen LogP contribution >= 0.6 is 11.3 Å². The van der Waals surface area contributed by atoms with Gasteiger partial charge in [0.15, 0.2) is 5.75 Å². The number of phenols is 1. The Morgan fingerprint density at radius 1 is 1.06 bits per heavy atom. The summed E-state index contributed by atoms with van der Waals surface area (Å²) in [5, 5.41) is 22.3. The van der Waals surface area contributed by atoms with Crippen molar-refractivity contribution in [1.82, 2.24) is 0 Å². The number of nitroso groups, excluding NO2 is 1. The molecule has 0 saturated carbocycles. The molecule has 0 bridgehead atoms. The van der Waals surface area contributed by atoms with E-state index in [1.165, 1.54) is 24.5 Å². The first-order chi connectivity index (χ1) is 15.5. The molecule has 3 aromatic carbocycles. The molecule has 0 fully saturated rings. The normalized spacial score (nSPS) is 11.0. The molecule has 0 spiro atoms. The molecule has 0 aliphatic rings. The Labute approximate surface area is 186 Å². The van der Waals surface area contributed by atoms with Crippen molar-refractivity contribution in [3.8, 4) is 33.4 Å². The number of ether oxygens (including phenoxy) is 2. The number of benzene rings is 3. The van der Waals surface area contributed by atoms with E-state index >= 15 is 0 Å². The number of hydrogen-bond acceptors (Lipinski definition) is 7. The maximum atomic E-state index is 11.0. The maximum absolute atomic E-state index is 11.0. The highest BCUT2D eigenvalue weighted by atomic mass is 32.1. The van der Waals surface area contributed by atoms with Gasteiger partial charge in [-0.1, -0.05) is 0 Å². The van der Waals surface area contributed by atoms with Gasteiger partial charge in [0.25, 0.3) is 0 Å². The van der Waals surface area contributed by atoms with E-state index in [0.717, 1.165) is 26.6 Å². The second-order valence-corrected chi connectivity index (χ2v) is 7.81. The van der Waals surface area contributed by atoms with Gasteiger partial charge in [-0.15, -0.1) is 16.2 Å². The van der Waals surface area contributed by atoms with Crippen LogP contribution in [0, 0.1) is 4.91 Å². The Bertz CT molecular complexity index is 1340. The Hall–Kier alpha value is -4.17. The van der Waals surface area contributed by atoms with Crippen LogP contribution in [-0.4, -0.2) is 23.3 Å². The van der Waals surface area contributed by atoms with Gasteiger partial charge in [0, 0.05) is 27.8 Å². The Morgan fingerprint density at radius 3 is 2.53 bits per heavy atom. The molecule has 0 radical (unpaired) electrons. The van der Waals surface area contributed by atoms with E-state index in [9.17, 15) is 14.8 Å². The predicted molar refractivity (Wildman–Crippen MR) is 124 cm³/mol. The van der Waals surface area contributed by atoms with Gasteiger partial charge in [0.2, 0.25) is 0 Å². The van der Waals surface area contributed by atoms with Gasteiger partial charge in [-0.25, -0.2) is 4.79 Å². The van der Waals surface area contributed by atoms with Crippen LogP contribution in [0.1, 0.15) is 5.56 Å². The molecule has 0 atom stereocenters. The highest BCUT2D eigenvalue weighted by molar-refractivity contribution is 7.22. The number of methoxy groups -OCH3 is 1. The Balaban J connectivity index is 1.81. The van der Waals surface area contributed by atoms with Gasteiger partial charge < -0.3 is 19.7 Å². The third kappa shape index (κ3) is 4.30. The van der Waals surface area contributed by atoms with Crippen molar-refractivity contribution >= 4 is 39.2 Å². The van der Waals surface area contributed by atoms with Crippen LogP contribution in [0.5, 0.6) is 23.0 Å². The summed E-state index contributed by atoms with van der Waals surface area (Å²) in [6, 6.07) is 16.9. The van der Waals surface area contributed by atoms with Crippen molar-refractivity contribution < 1.29 is 24.5 Å². The molecular formula is C24H17NO6S. The molecule has 1 aromatic heterocycles. The summed E-state index contributed by atoms with van der Waals surface area (Å²) in [4.78, 5) is 22.6. The number of aromatic hydroxyl groups is 1. The molecule has 7 nitrogen and oxygen atoms in total. The van der Waals surface area contributed by atoms with Crippen molar-refractivity contribution in [3.05, 3.63) is 77.2 Å². The standard InChI is InChI=1S/C24H17NO6S/c1-30-20-13-18(9-4-14(20)5-11-22(27)28)31-23-19-10-6-16(25-29)12-21(19)32-24(23)15-2-7-17(26)8-3-15/h2-13,26H,1H3,(H,27,28)/b11-5+. The largest absolute Gasteiger partial charge is 0.508 e. The third-order valence-electron chi connectivity index (χ3n) is 4.69. The van der Waals surface area contributed by atoms with Gasteiger partial charge in [-0.3, -0.25) is 0 Å². The fourth-order valence-corrected chi connectivity index (χ4v) is 4.36. The van der Waals surface area contributed by atoms with E-state index in [0.29, 0.717) is 28.5 Å². The van der Waals surface area contributed by atoms with E-state index < -0.39 is 5.97 Å². The minimum atomic E-state index is -1.06. The molecule has 0 amide bonds. The van der Waals surface area contributed by atoms with Crippen molar-refractivity contribution in [1.29, 1.82) is 0 Å². The fourth-order valence-electron chi connectivity index (χ4n) is 3.19. The summed E-state index contributed by atoms with van der Waals surface area (Å²) < 4.78 is 12.5. The zero-order valence-electron chi connectivity index (χ0n) is 16.8. The smallest absolute Gasteiger partial charge is 0.328 e. The number of nitrogens with zero attached hydrogens (tertiary/aromatic N) is 1. The molecule has 0 aliphatic carbocycles. The second-order valence-electron chi connectivity index (χ2n) is 6.76. The van der Waals surface area contributed by atoms with Crippen molar-refractivity contribution in [2.45, 2.75) is 0 Å². The summed E-state index contributed by atoms with van der Waals surface area (Å²) in [5.74, 6) is 0.633. The molecule has 160 valence electrons. The summed E-state index contributed by atoms with van der Waals surface area (Å²) >= 11 is 1.44. The lowest BCUT2D eigenvalue weighted by Crippen LogP contribution is -1.92. The topological polar surface area (TPSA) is 105 Å². The molecule has 0 unspecified atom stereocenters. The van der Waals surface area contributed by atoms with Crippen molar-refractivity contribution in [2.24, 2.45) is 5.18 Å². The molecule has 1 heterocycles. The fraction of sp³-hybridized carbons (Fsp3) is 0.0417. The highest BCUT2D eigenvalue weighted by Crippen LogP contribution is 2.47. The molecule has 8 heteroatoms. The van der Waals surface area contributed by atoms with E-state index in [1.54, 1.807) is 60.7 Å². The minimum Gasteiger partial charge on any atom is -0.508 e. The number of rotatable bonds is 7. The quantitative estimate of drug-likeness (QED) is 0.245. The summed E-state index contributed by atoms with van der Waals surface area (Å²) in [5.41, 5.74) is 1.75. The Morgan fingerprint density at radius 2 is 1.84 bits per heavy atom. The van der Waals surface area contributed by atoms with Crippen LogP contribution in [0.25, 0.3) is 26.6 Å². The molecule has 0 aliphatic heterocycles. The second kappa shape index (κ2) is 8.91. The highest BCUT2D eigenvalue weighted by Gasteiger charge is 2.18. The molecule has 2 N–H and O–H groups in total. The summed E-state index contributed by atoms with van der Waals surface area (Å²) in [7, 11) is 1.49. The van der Waals surface area contributed by atoms with E-state index in [2.05, 4.69) is 5.18 Å². The molecule has 4 aromatic rings. The van der Waals surface area contributed by atoms with Crippen LogP contribution in [-0.2, 0) is 4.79 Å². The van der Waals surface area contributed by atoms with Crippen LogP contribution in [0.4, 0.5) is 5.69 Å². The van der Waals surface area contributed by atoms with Gasteiger partial charge in [0.05, 0.1) is 12.0 Å². The number of aliphatic carboxylic acids is 1. The maximum Gasteiger partial charge on any atom is 0.328 e. The summed E-state index contributed by atoms with van der Waals surface area (Å²) in [6.07, 6.45) is 2.48. The molecule has 0 saturated heterocycles.